The van der Waals surface area contributed by atoms with Gasteiger partial charge in [-0.3, -0.25) is 4.79 Å². The number of carboxylic acids is 1. The van der Waals surface area contributed by atoms with Crippen molar-refractivity contribution in [1.29, 1.82) is 0 Å². The minimum atomic E-state index is -1.01. The summed E-state index contributed by atoms with van der Waals surface area (Å²) in [7, 11) is 3.95. The number of hydrogen-bond acceptors (Lipinski definition) is 7. The zero-order chi connectivity index (χ0) is 31.8. The van der Waals surface area contributed by atoms with E-state index < -0.39 is 12.0 Å². The molecule has 4 aromatic carbocycles. The Morgan fingerprint density at radius 2 is 1.64 bits per heavy atom. The summed E-state index contributed by atoms with van der Waals surface area (Å²) in [6.07, 6.45) is 0.809. The predicted octanol–water partition coefficient (Wildman–Crippen LogP) is 6.67. The van der Waals surface area contributed by atoms with E-state index >= 15 is 0 Å². The first-order valence-corrected chi connectivity index (χ1v) is 14.9. The maximum atomic E-state index is 13.5. The van der Waals surface area contributed by atoms with E-state index in [0.717, 1.165) is 28.1 Å². The molecule has 8 nitrogen and oxygen atoms in total. The Kier molecular flexibility index (Phi) is 10.1. The van der Waals surface area contributed by atoms with Gasteiger partial charge in [0.15, 0.2) is 5.78 Å². The Morgan fingerprint density at radius 1 is 0.911 bits per heavy atom. The maximum absolute atomic E-state index is 13.5. The fourth-order valence-electron chi connectivity index (χ4n) is 5.11. The number of nitrogens with zero attached hydrogens (tertiary/aromatic N) is 2. The molecule has 0 aliphatic rings. The number of benzene rings is 4. The van der Waals surface area contributed by atoms with Crippen LogP contribution in [0.25, 0.3) is 11.5 Å². The fraction of sp³-hybridized carbons (Fsp3) is 0.216. The lowest BCUT2D eigenvalue weighted by Gasteiger charge is -2.19. The number of carboxylic acid groups (broad SMARTS) is 1. The van der Waals surface area contributed by atoms with E-state index in [0.29, 0.717) is 48.0 Å². The number of anilines is 1. The Hall–Kier alpha value is -5.21. The molecule has 0 aliphatic heterocycles. The third-order valence-corrected chi connectivity index (χ3v) is 7.37. The number of carbonyl (C=O) groups is 2. The van der Waals surface area contributed by atoms with Crippen molar-refractivity contribution in [3.05, 3.63) is 137 Å². The van der Waals surface area contributed by atoms with Crippen LogP contribution in [0.15, 0.2) is 108 Å². The molecule has 45 heavy (non-hydrogen) atoms. The number of aromatic nitrogens is 1. The van der Waals surface area contributed by atoms with Gasteiger partial charge >= 0.3 is 5.97 Å². The number of rotatable bonds is 14. The van der Waals surface area contributed by atoms with Gasteiger partial charge in [-0.2, -0.15) is 0 Å². The summed E-state index contributed by atoms with van der Waals surface area (Å²) < 4.78 is 11.8. The summed E-state index contributed by atoms with van der Waals surface area (Å²) in [5, 5.41) is 13.2. The second kappa shape index (κ2) is 14.5. The molecule has 1 heterocycles. The molecule has 5 rings (SSSR count). The van der Waals surface area contributed by atoms with Gasteiger partial charge in [-0.15, -0.1) is 0 Å². The average molecular weight is 604 g/mol. The fourth-order valence-corrected chi connectivity index (χ4v) is 5.11. The molecule has 0 bridgehead atoms. The van der Waals surface area contributed by atoms with E-state index in [1.165, 1.54) is 0 Å². The molecule has 0 amide bonds. The maximum Gasteiger partial charge on any atom is 0.326 e. The molecule has 0 saturated heterocycles. The van der Waals surface area contributed by atoms with Gasteiger partial charge in [0.05, 0.1) is 12.3 Å². The van der Waals surface area contributed by atoms with Gasteiger partial charge < -0.3 is 24.5 Å². The number of para-hydroxylation sites is 1. The number of carbonyl (C=O) groups excluding carboxylic acids is 1. The largest absolute Gasteiger partial charge is 0.493 e. The number of oxazole rings is 1. The summed E-state index contributed by atoms with van der Waals surface area (Å²) in [6, 6.07) is 30.7. The van der Waals surface area contributed by atoms with E-state index in [4.69, 9.17) is 9.15 Å². The molecule has 8 heteroatoms. The minimum Gasteiger partial charge on any atom is -0.493 e. The number of ketones is 1. The zero-order valence-corrected chi connectivity index (χ0v) is 25.7. The smallest absolute Gasteiger partial charge is 0.326 e. The Morgan fingerprint density at radius 3 is 2.38 bits per heavy atom. The monoisotopic (exact) mass is 603 g/mol. The zero-order valence-electron chi connectivity index (χ0n) is 25.7. The lowest BCUT2D eigenvalue weighted by atomic mass is 9.98. The van der Waals surface area contributed by atoms with Crippen molar-refractivity contribution in [1.82, 2.24) is 9.88 Å². The first kappa shape index (κ1) is 31.2. The Labute approximate surface area is 263 Å². The average Bonchev–Trinajstić information content (AvgIpc) is 3.41. The molecule has 2 N–H and O–H groups in total. The molecule has 1 aromatic heterocycles. The van der Waals surface area contributed by atoms with Gasteiger partial charge in [0.25, 0.3) is 0 Å². The lowest BCUT2D eigenvalue weighted by Crippen LogP contribution is -2.32. The van der Waals surface area contributed by atoms with Crippen molar-refractivity contribution in [2.75, 3.05) is 26.0 Å². The van der Waals surface area contributed by atoms with Crippen LogP contribution in [0.3, 0.4) is 0 Å². The van der Waals surface area contributed by atoms with Gasteiger partial charge in [-0.1, -0.05) is 60.7 Å². The third-order valence-electron chi connectivity index (χ3n) is 7.37. The van der Waals surface area contributed by atoms with Crippen molar-refractivity contribution in [3.8, 4) is 17.2 Å². The molecular formula is C37H37N3O5. The van der Waals surface area contributed by atoms with E-state index in [1.54, 1.807) is 30.3 Å². The molecule has 0 fully saturated rings. The van der Waals surface area contributed by atoms with E-state index in [9.17, 15) is 14.7 Å². The molecule has 0 spiro atoms. The number of aryl methyl sites for hydroxylation is 1. The normalized spacial score (nSPS) is 11.7. The Balaban J connectivity index is 1.20. The van der Waals surface area contributed by atoms with Crippen molar-refractivity contribution in [2.24, 2.45) is 0 Å². The number of nitrogens with one attached hydrogen (secondary N) is 1. The van der Waals surface area contributed by atoms with Crippen molar-refractivity contribution < 1.29 is 23.8 Å². The number of hydrogen-bond donors (Lipinski definition) is 2. The van der Waals surface area contributed by atoms with Crippen molar-refractivity contribution in [3.63, 3.8) is 0 Å². The quantitative estimate of drug-likeness (QED) is 0.136. The summed E-state index contributed by atoms with van der Waals surface area (Å²) in [5.74, 6) is 0.858. The van der Waals surface area contributed by atoms with E-state index in [-0.39, 0.29) is 12.2 Å². The summed E-state index contributed by atoms with van der Waals surface area (Å²) in [4.78, 5) is 32.4. The van der Waals surface area contributed by atoms with Gasteiger partial charge in [0.1, 0.15) is 17.6 Å². The summed E-state index contributed by atoms with van der Waals surface area (Å²) in [6.45, 7) is 3.03. The van der Waals surface area contributed by atoms with Crippen LogP contribution < -0.4 is 10.1 Å². The molecule has 230 valence electrons. The highest BCUT2D eigenvalue weighted by atomic mass is 16.5. The second-order valence-corrected chi connectivity index (χ2v) is 11.2. The highest BCUT2D eigenvalue weighted by Crippen LogP contribution is 2.24. The van der Waals surface area contributed by atoms with Crippen LogP contribution in [-0.2, 0) is 24.2 Å². The molecule has 0 saturated carbocycles. The van der Waals surface area contributed by atoms with Gasteiger partial charge in [-0.25, -0.2) is 9.78 Å². The highest BCUT2D eigenvalue weighted by molar-refractivity contribution is 6.12. The first-order chi connectivity index (χ1) is 21.8. The van der Waals surface area contributed by atoms with Crippen LogP contribution >= 0.6 is 0 Å². The topological polar surface area (TPSA) is 105 Å². The van der Waals surface area contributed by atoms with Crippen LogP contribution in [0, 0.1) is 6.92 Å². The van der Waals surface area contributed by atoms with E-state index in [1.807, 2.05) is 98.7 Å². The van der Waals surface area contributed by atoms with Crippen LogP contribution in [0.1, 0.15) is 38.5 Å². The number of ether oxygens (including phenoxy) is 1. The molecular weight excluding hydrogens is 566 g/mol. The van der Waals surface area contributed by atoms with Crippen LogP contribution in [0.2, 0.25) is 0 Å². The molecule has 0 radical (unpaired) electrons. The highest BCUT2D eigenvalue weighted by Gasteiger charge is 2.22. The summed E-state index contributed by atoms with van der Waals surface area (Å²) >= 11 is 0. The van der Waals surface area contributed by atoms with Gasteiger partial charge in [0, 0.05) is 41.8 Å². The van der Waals surface area contributed by atoms with E-state index in [2.05, 4.69) is 10.3 Å². The summed E-state index contributed by atoms with van der Waals surface area (Å²) in [5.41, 5.74) is 5.08. The van der Waals surface area contributed by atoms with Crippen LogP contribution in [0.5, 0.6) is 5.75 Å². The van der Waals surface area contributed by atoms with Crippen LogP contribution in [0.4, 0.5) is 5.69 Å². The first-order valence-electron chi connectivity index (χ1n) is 14.9. The lowest BCUT2D eigenvalue weighted by molar-refractivity contribution is -0.137. The van der Waals surface area contributed by atoms with Gasteiger partial charge in [0.2, 0.25) is 5.89 Å². The van der Waals surface area contributed by atoms with Crippen molar-refractivity contribution in [2.45, 2.75) is 32.4 Å². The van der Waals surface area contributed by atoms with Crippen LogP contribution in [-0.4, -0.2) is 53.5 Å². The SMILES string of the molecule is Cc1oc(-c2ccccc2)nc1CCOc1ccc(CC(Nc2ccccc2C(=O)c2cccc(CN(C)C)c2)C(=O)O)cc1. The molecule has 0 aliphatic carbocycles. The number of aliphatic carboxylic acids is 1. The second-order valence-electron chi connectivity index (χ2n) is 11.2. The third kappa shape index (κ3) is 8.25. The molecule has 5 aromatic rings. The predicted molar refractivity (Wildman–Crippen MR) is 175 cm³/mol. The minimum absolute atomic E-state index is 0.165. The van der Waals surface area contributed by atoms with Crippen molar-refractivity contribution >= 4 is 17.4 Å². The molecule has 1 atom stereocenters. The Bertz CT molecular complexity index is 1750. The van der Waals surface area contributed by atoms with Gasteiger partial charge in [-0.05, 0) is 74.6 Å². The standard InChI is InChI=1S/C37H37N3O5/c1-25-32(39-36(45-25)28-11-5-4-6-12-28)20-21-44-30-18-16-26(17-19-30)23-34(37(42)43)38-33-15-8-7-14-31(33)35(41)29-13-9-10-27(22-29)24-40(2)3/h4-19,22,34,38H,20-21,23-24H2,1-3H3,(H,42,43). The molecule has 1 unspecified atom stereocenters.